The molecule has 20 heavy (non-hydrogen) atoms. The summed E-state index contributed by atoms with van der Waals surface area (Å²) in [4.78, 5) is 25.3. The maximum atomic E-state index is 12.0. The van der Waals surface area contributed by atoms with Crippen molar-refractivity contribution in [3.05, 3.63) is 30.3 Å². The predicted octanol–water partition coefficient (Wildman–Crippen LogP) is 2.46. The zero-order valence-corrected chi connectivity index (χ0v) is 11.6. The Morgan fingerprint density at radius 3 is 2.75 bits per heavy atom. The van der Waals surface area contributed by atoms with Gasteiger partial charge in [0.15, 0.2) is 0 Å². The molecule has 0 radical (unpaired) electrons. The lowest BCUT2D eigenvalue weighted by molar-refractivity contribution is -0.149. The molecule has 1 aliphatic rings. The highest BCUT2D eigenvalue weighted by atomic mass is 16.6. The number of nitrogens with zero attached hydrogens (tertiary/aromatic N) is 1. The number of likely N-dealkylation sites (tertiary alicyclic amines) is 1. The molecule has 0 bridgehead atoms. The first kappa shape index (κ1) is 14.4. The second kappa shape index (κ2) is 6.93. The molecule has 1 atom stereocenters. The lowest BCUT2D eigenvalue weighted by Gasteiger charge is -2.30. The minimum Gasteiger partial charge on any atom is -0.466 e. The van der Waals surface area contributed by atoms with Gasteiger partial charge in [0, 0.05) is 13.1 Å². The molecular weight excluding hydrogens is 258 g/mol. The number of hydrogen-bond donors (Lipinski definition) is 0. The van der Waals surface area contributed by atoms with E-state index < -0.39 is 6.09 Å². The van der Waals surface area contributed by atoms with Gasteiger partial charge in [-0.15, -0.1) is 0 Å². The van der Waals surface area contributed by atoms with Crippen molar-refractivity contribution in [3.8, 4) is 5.75 Å². The average Bonchev–Trinajstić information content (AvgIpc) is 2.48. The number of ether oxygens (including phenoxy) is 2. The molecule has 2 rings (SSSR count). The number of carbonyl (C=O) groups is 2. The van der Waals surface area contributed by atoms with Crippen LogP contribution in [0.5, 0.6) is 5.75 Å². The van der Waals surface area contributed by atoms with Gasteiger partial charge in [-0.25, -0.2) is 4.79 Å². The van der Waals surface area contributed by atoms with E-state index in [0.717, 1.165) is 12.8 Å². The molecule has 1 saturated heterocycles. The molecule has 108 valence electrons. The molecule has 1 fully saturated rings. The normalized spacial score (nSPS) is 18.4. The maximum Gasteiger partial charge on any atom is 0.415 e. The minimum atomic E-state index is -0.412. The second-order valence-electron chi connectivity index (χ2n) is 4.72. The number of carbonyl (C=O) groups excluding carboxylic acids is 2. The van der Waals surface area contributed by atoms with E-state index in [1.165, 1.54) is 0 Å². The highest BCUT2D eigenvalue weighted by Crippen LogP contribution is 2.19. The summed E-state index contributed by atoms with van der Waals surface area (Å²) in [6.07, 6.45) is 1.13. The molecule has 0 spiro atoms. The molecule has 0 unspecified atom stereocenters. The Morgan fingerprint density at radius 1 is 1.30 bits per heavy atom. The molecule has 0 aliphatic carbocycles. The first-order valence-corrected chi connectivity index (χ1v) is 6.89. The van der Waals surface area contributed by atoms with Crippen molar-refractivity contribution in [1.82, 2.24) is 4.90 Å². The molecule has 1 aliphatic heterocycles. The lowest BCUT2D eigenvalue weighted by atomic mass is 9.99. The summed E-state index contributed by atoms with van der Waals surface area (Å²) in [7, 11) is 0. The van der Waals surface area contributed by atoms with E-state index in [0.29, 0.717) is 25.4 Å². The molecule has 5 heteroatoms. The summed E-state index contributed by atoms with van der Waals surface area (Å²) in [5.74, 6) is 0.0347. The van der Waals surface area contributed by atoms with Crippen LogP contribution in [0.15, 0.2) is 30.3 Å². The van der Waals surface area contributed by atoms with Crippen LogP contribution in [0.2, 0.25) is 0 Å². The van der Waals surface area contributed by atoms with Crippen LogP contribution < -0.4 is 4.74 Å². The summed E-state index contributed by atoms with van der Waals surface area (Å²) in [6, 6.07) is 8.92. The van der Waals surface area contributed by atoms with Crippen LogP contribution in [0.4, 0.5) is 4.79 Å². The third kappa shape index (κ3) is 3.73. The molecule has 1 aromatic carbocycles. The van der Waals surface area contributed by atoms with Gasteiger partial charge >= 0.3 is 12.1 Å². The van der Waals surface area contributed by atoms with Gasteiger partial charge in [-0.05, 0) is 31.9 Å². The van der Waals surface area contributed by atoms with Crippen molar-refractivity contribution in [2.75, 3.05) is 19.7 Å². The molecule has 1 amide bonds. The van der Waals surface area contributed by atoms with Crippen LogP contribution in [0.3, 0.4) is 0 Å². The average molecular weight is 277 g/mol. The Labute approximate surface area is 118 Å². The number of rotatable bonds is 3. The topological polar surface area (TPSA) is 55.8 Å². The van der Waals surface area contributed by atoms with Crippen molar-refractivity contribution in [2.45, 2.75) is 19.8 Å². The van der Waals surface area contributed by atoms with E-state index in [1.54, 1.807) is 36.1 Å². The number of benzene rings is 1. The van der Waals surface area contributed by atoms with Gasteiger partial charge in [-0.2, -0.15) is 0 Å². The predicted molar refractivity (Wildman–Crippen MR) is 73.4 cm³/mol. The molecule has 5 nitrogen and oxygen atoms in total. The van der Waals surface area contributed by atoms with Crippen LogP contribution in [0, 0.1) is 5.92 Å². The zero-order chi connectivity index (χ0) is 14.4. The fraction of sp³-hybridized carbons (Fsp3) is 0.467. The van der Waals surface area contributed by atoms with Crippen LogP contribution in [-0.4, -0.2) is 36.7 Å². The quantitative estimate of drug-likeness (QED) is 0.796. The summed E-state index contributed by atoms with van der Waals surface area (Å²) in [6.45, 7) is 3.12. The maximum absolute atomic E-state index is 12.0. The Hall–Kier alpha value is -2.04. The van der Waals surface area contributed by atoms with Crippen LogP contribution in [-0.2, 0) is 9.53 Å². The van der Waals surface area contributed by atoms with Crippen molar-refractivity contribution >= 4 is 12.1 Å². The van der Waals surface area contributed by atoms with E-state index in [9.17, 15) is 9.59 Å². The third-order valence-electron chi connectivity index (χ3n) is 3.25. The number of para-hydroxylation sites is 1. The second-order valence-corrected chi connectivity index (χ2v) is 4.72. The van der Waals surface area contributed by atoms with E-state index >= 15 is 0 Å². The van der Waals surface area contributed by atoms with Crippen molar-refractivity contribution in [1.29, 1.82) is 0 Å². The van der Waals surface area contributed by atoms with Crippen LogP contribution >= 0.6 is 0 Å². The van der Waals surface area contributed by atoms with Crippen LogP contribution in [0.1, 0.15) is 19.8 Å². The van der Waals surface area contributed by atoms with Gasteiger partial charge in [0.2, 0.25) is 0 Å². The molecule has 1 heterocycles. The molecule has 0 aromatic heterocycles. The molecular formula is C15H19NO4. The van der Waals surface area contributed by atoms with Gasteiger partial charge in [0.1, 0.15) is 5.75 Å². The smallest absolute Gasteiger partial charge is 0.415 e. The summed E-state index contributed by atoms with van der Waals surface area (Å²) < 4.78 is 10.3. The van der Waals surface area contributed by atoms with E-state index in [2.05, 4.69) is 0 Å². The Balaban J connectivity index is 1.91. The Bertz CT molecular complexity index is 460. The largest absolute Gasteiger partial charge is 0.466 e. The fourth-order valence-corrected chi connectivity index (χ4v) is 2.25. The first-order valence-electron chi connectivity index (χ1n) is 6.89. The molecule has 1 aromatic rings. The number of hydrogen-bond acceptors (Lipinski definition) is 4. The van der Waals surface area contributed by atoms with Gasteiger partial charge in [0.25, 0.3) is 0 Å². The highest BCUT2D eigenvalue weighted by molar-refractivity contribution is 5.75. The minimum absolute atomic E-state index is 0.232. The summed E-state index contributed by atoms with van der Waals surface area (Å²) in [5.41, 5.74) is 0. The molecule has 0 saturated carbocycles. The third-order valence-corrected chi connectivity index (χ3v) is 3.25. The van der Waals surface area contributed by atoms with Crippen LogP contribution in [0.25, 0.3) is 0 Å². The highest BCUT2D eigenvalue weighted by Gasteiger charge is 2.30. The standard InChI is InChI=1S/C15H19NO4/c1-2-19-14(17)12-7-6-10-16(11-12)15(18)20-13-8-4-3-5-9-13/h3-5,8-9,12H,2,6-7,10-11H2,1H3/t12-/m0/s1. The van der Waals surface area contributed by atoms with Gasteiger partial charge in [-0.1, -0.05) is 18.2 Å². The van der Waals surface area contributed by atoms with Crippen molar-refractivity contribution in [2.24, 2.45) is 5.92 Å². The Morgan fingerprint density at radius 2 is 2.05 bits per heavy atom. The number of amides is 1. The lowest BCUT2D eigenvalue weighted by Crippen LogP contribution is -2.44. The molecule has 0 N–H and O–H groups in total. The van der Waals surface area contributed by atoms with E-state index in [1.807, 2.05) is 6.07 Å². The fourth-order valence-electron chi connectivity index (χ4n) is 2.25. The summed E-state index contributed by atoms with van der Waals surface area (Å²) in [5, 5.41) is 0. The number of piperidine rings is 1. The van der Waals surface area contributed by atoms with Crippen molar-refractivity contribution < 1.29 is 19.1 Å². The van der Waals surface area contributed by atoms with Gasteiger partial charge in [-0.3, -0.25) is 4.79 Å². The monoisotopic (exact) mass is 277 g/mol. The van der Waals surface area contributed by atoms with Gasteiger partial charge in [0.05, 0.1) is 12.5 Å². The Kier molecular flexibility index (Phi) is 4.98. The SMILES string of the molecule is CCOC(=O)[C@H]1CCCN(C(=O)Oc2ccccc2)C1. The zero-order valence-electron chi connectivity index (χ0n) is 11.6. The van der Waals surface area contributed by atoms with Crippen molar-refractivity contribution in [3.63, 3.8) is 0 Å². The van der Waals surface area contributed by atoms with Gasteiger partial charge < -0.3 is 14.4 Å². The first-order chi connectivity index (χ1) is 9.70. The summed E-state index contributed by atoms with van der Waals surface area (Å²) >= 11 is 0. The number of esters is 1. The van der Waals surface area contributed by atoms with E-state index in [-0.39, 0.29) is 11.9 Å². The van der Waals surface area contributed by atoms with E-state index in [4.69, 9.17) is 9.47 Å².